The third kappa shape index (κ3) is 5.42. The van der Waals surface area contributed by atoms with Gasteiger partial charge in [-0.25, -0.2) is 0 Å². The van der Waals surface area contributed by atoms with Gasteiger partial charge in [-0.1, -0.05) is 20.8 Å². The molecule has 0 bridgehead atoms. The summed E-state index contributed by atoms with van der Waals surface area (Å²) in [6, 6.07) is 0. The van der Waals surface area contributed by atoms with Crippen molar-refractivity contribution in [2.75, 3.05) is 12.9 Å². The molecule has 0 aliphatic carbocycles. The topological polar surface area (TPSA) is 52.3 Å². The van der Waals surface area contributed by atoms with Gasteiger partial charge in [0.1, 0.15) is 5.54 Å². The molecule has 2 atom stereocenters. The van der Waals surface area contributed by atoms with Crippen LogP contribution in [0.3, 0.4) is 0 Å². The number of ether oxygens (including phenoxy) is 1. The average molecular weight is 233 g/mol. The fraction of sp³-hybridized carbons (Fsp3) is 0.909. The number of nitrogens with two attached hydrogens (primary N) is 1. The normalized spacial score (nSPS) is 17.3. The monoisotopic (exact) mass is 233 g/mol. The molecule has 0 aliphatic rings. The Morgan fingerprint density at radius 1 is 1.47 bits per heavy atom. The molecule has 0 rings (SSSR count). The Morgan fingerprint density at radius 3 is 2.40 bits per heavy atom. The zero-order valence-electron chi connectivity index (χ0n) is 10.4. The molecule has 90 valence electrons. The summed E-state index contributed by atoms with van der Waals surface area (Å²) < 4.78 is 4.65. The molecule has 4 heteroatoms. The van der Waals surface area contributed by atoms with Crippen molar-refractivity contribution in [2.24, 2.45) is 11.7 Å². The second-order valence-corrected chi connectivity index (χ2v) is 5.96. The van der Waals surface area contributed by atoms with E-state index in [2.05, 4.69) is 25.5 Å². The summed E-state index contributed by atoms with van der Waals surface area (Å²) in [7, 11) is 1.37. The standard InChI is InChI=1S/C11H23NO2S/c1-8(2)9(3)15-7-6-11(4,12)10(13)14-5/h8-9H,6-7,12H2,1-5H3. The quantitative estimate of drug-likeness (QED) is 0.713. The molecular formula is C11H23NO2S. The number of esters is 1. The highest BCUT2D eigenvalue weighted by molar-refractivity contribution is 7.99. The van der Waals surface area contributed by atoms with Gasteiger partial charge in [-0.2, -0.15) is 11.8 Å². The first-order valence-electron chi connectivity index (χ1n) is 5.30. The number of carbonyl (C=O) groups excluding carboxylic acids is 1. The number of methoxy groups -OCH3 is 1. The molecule has 0 aromatic rings. The zero-order valence-corrected chi connectivity index (χ0v) is 11.2. The molecule has 0 aromatic heterocycles. The van der Waals surface area contributed by atoms with Gasteiger partial charge in [0.05, 0.1) is 7.11 Å². The lowest BCUT2D eigenvalue weighted by molar-refractivity contribution is -0.146. The molecule has 0 heterocycles. The third-order valence-corrected chi connectivity index (χ3v) is 4.10. The van der Waals surface area contributed by atoms with E-state index in [1.165, 1.54) is 7.11 Å². The fourth-order valence-corrected chi connectivity index (χ4v) is 2.28. The van der Waals surface area contributed by atoms with Crippen LogP contribution in [0.15, 0.2) is 0 Å². The highest BCUT2D eigenvalue weighted by Crippen LogP contribution is 2.21. The summed E-state index contributed by atoms with van der Waals surface area (Å²) in [5.74, 6) is 1.21. The minimum atomic E-state index is -0.849. The van der Waals surface area contributed by atoms with E-state index in [0.29, 0.717) is 17.6 Å². The predicted molar refractivity (Wildman–Crippen MR) is 66.0 cm³/mol. The van der Waals surface area contributed by atoms with E-state index in [9.17, 15) is 4.79 Å². The van der Waals surface area contributed by atoms with Crippen molar-refractivity contribution < 1.29 is 9.53 Å². The number of hydrogen-bond donors (Lipinski definition) is 1. The van der Waals surface area contributed by atoms with E-state index in [1.807, 2.05) is 11.8 Å². The summed E-state index contributed by atoms with van der Waals surface area (Å²) in [6.45, 7) is 8.31. The van der Waals surface area contributed by atoms with Gasteiger partial charge in [0.15, 0.2) is 0 Å². The second-order valence-electron chi connectivity index (χ2n) is 4.48. The number of carbonyl (C=O) groups is 1. The molecule has 2 unspecified atom stereocenters. The van der Waals surface area contributed by atoms with Crippen LogP contribution in [0.1, 0.15) is 34.1 Å². The van der Waals surface area contributed by atoms with Gasteiger partial charge in [0.2, 0.25) is 0 Å². The van der Waals surface area contributed by atoms with Crippen LogP contribution in [-0.4, -0.2) is 29.6 Å². The average Bonchev–Trinajstić information content (AvgIpc) is 2.15. The fourth-order valence-electron chi connectivity index (χ4n) is 0.985. The maximum absolute atomic E-state index is 11.3. The van der Waals surface area contributed by atoms with Crippen LogP contribution in [0.5, 0.6) is 0 Å². The van der Waals surface area contributed by atoms with Crippen molar-refractivity contribution in [1.82, 2.24) is 0 Å². The Hall–Kier alpha value is -0.220. The number of rotatable bonds is 6. The number of hydrogen-bond acceptors (Lipinski definition) is 4. The summed E-state index contributed by atoms with van der Waals surface area (Å²) in [5.41, 5.74) is 5.00. The highest BCUT2D eigenvalue weighted by Gasteiger charge is 2.29. The van der Waals surface area contributed by atoms with Crippen molar-refractivity contribution in [3.63, 3.8) is 0 Å². The lowest BCUT2D eigenvalue weighted by Crippen LogP contribution is -2.46. The van der Waals surface area contributed by atoms with Crippen LogP contribution < -0.4 is 5.73 Å². The van der Waals surface area contributed by atoms with Gasteiger partial charge in [0.25, 0.3) is 0 Å². The Balaban J connectivity index is 3.90. The molecule has 2 N–H and O–H groups in total. The van der Waals surface area contributed by atoms with Crippen LogP contribution >= 0.6 is 11.8 Å². The lowest BCUT2D eigenvalue weighted by Gasteiger charge is -2.22. The molecule has 0 amide bonds. The van der Waals surface area contributed by atoms with E-state index >= 15 is 0 Å². The van der Waals surface area contributed by atoms with Gasteiger partial charge < -0.3 is 10.5 Å². The first-order valence-corrected chi connectivity index (χ1v) is 6.35. The smallest absolute Gasteiger partial charge is 0.325 e. The summed E-state index contributed by atoms with van der Waals surface area (Å²) >= 11 is 1.85. The SMILES string of the molecule is COC(=O)C(C)(N)CCSC(C)C(C)C. The minimum absolute atomic E-state index is 0.333. The molecule has 15 heavy (non-hydrogen) atoms. The molecule has 0 aromatic carbocycles. The Bertz CT molecular complexity index is 205. The second kappa shape index (κ2) is 6.38. The van der Waals surface area contributed by atoms with E-state index in [1.54, 1.807) is 6.92 Å². The summed E-state index contributed by atoms with van der Waals surface area (Å²) in [5, 5.41) is 0.596. The number of thioether (sulfide) groups is 1. The molecule has 0 saturated carbocycles. The summed E-state index contributed by atoms with van der Waals surface area (Å²) in [4.78, 5) is 11.3. The van der Waals surface area contributed by atoms with Crippen molar-refractivity contribution in [3.8, 4) is 0 Å². The van der Waals surface area contributed by atoms with Crippen molar-refractivity contribution in [2.45, 2.75) is 44.9 Å². The van der Waals surface area contributed by atoms with Crippen molar-refractivity contribution >= 4 is 17.7 Å². The van der Waals surface area contributed by atoms with E-state index in [4.69, 9.17) is 5.73 Å². The molecule has 0 fully saturated rings. The van der Waals surface area contributed by atoms with Gasteiger partial charge in [0, 0.05) is 5.25 Å². The Kier molecular flexibility index (Phi) is 6.29. The van der Waals surface area contributed by atoms with Gasteiger partial charge in [-0.3, -0.25) is 4.79 Å². The van der Waals surface area contributed by atoms with Crippen LogP contribution in [0.2, 0.25) is 0 Å². The maximum Gasteiger partial charge on any atom is 0.325 e. The first-order chi connectivity index (χ1) is 6.81. The van der Waals surface area contributed by atoms with Gasteiger partial charge >= 0.3 is 5.97 Å². The van der Waals surface area contributed by atoms with Crippen LogP contribution in [0, 0.1) is 5.92 Å². The van der Waals surface area contributed by atoms with E-state index < -0.39 is 5.54 Å². The Labute approximate surface area is 97.1 Å². The van der Waals surface area contributed by atoms with Crippen molar-refractivity contribution in [1.29, 1.82) is 0 Å². The maximum atomic E-state index is 11.3. The molecule has 0 saturated heterocycles. The van der Waals surface area contributed by atoms with Crippen LogP contribution in [0.25, 0.3) is 0 Å². The Morgan fingerprint density at radius 2 is 2.00 bits per heavy atom. The van der Waals surface area contributed by atoms with Crippen molar-refractivity contribution in [3.05, 3.63) is 0 Å². The van der Waals surface area contributed by atoms with Gasteiger partial charge in [-0.05, 0) is 25.0 Å². The molecule has 0 aliphatic heterocycles. The van der Waals surface area contributed by atoms with E-state index in [0.717, 1.165) is 5.75 Å². The molecule has 3 nitrogen and oxygen atoms in total. The van der Waals surface area contributed by atoms with Crippen LogP contribution in [-0.2, 0) is 9.53 Å². The van der Waals surface area contributed by atoms with E-state index in [-0.39, 0.29) is 5.97 Å². The van der Waals surface area contributed by atoms with Crippen LogP contribution in [0.4, 0.5) is 0 Å². The predicted octanol–water partition coefficient (Wildman–Crippen LogP) is 2.04. The first kappa shape index (κ1) is 14.8. The lowest BCUT2D eigenvalue weighted by atomic mass is 10.0. The highest BCUT2D eigenvalue weighted by atomic mass is 32.2. The molecule has 0 radical (unpaired) electrons. The molecule has 0 spiro atoms. The largest absolute Gasteiger partial charge is 0.468 e. The van der Waals surface area contributed by atoms with Gasteiger partial charge in [-0.15, -0.1) is 0 Å². The summed E-state index contributed by atoms with van der Waals surface area (Å²) in [6.07, 6.45) is 0.654. The zero-order chi connectivity index (χ0) is 12.1. The molecular weight excluding hydrogens is 210 g/mol. The third-order valence-electron chi connectivity index (χ3n) is 2.59. The minimum Gasteiger partial charge on any atom is -0.468 e.